The Labute approximate surface area is 178 Å². The third-order valence-corrected chi connectivity index (χ3v) is 4.13. The van der Waals surface area contributed by atoms with Gasteiger partial charge in [0.1, 0.15) is 0 Å². The number of benzene rings is 2. The largest absolute Gasteiger partial charge is 0.490 e. The van der Waals surface area contributed by atoms with Crippen LogP contribution in [0.1, 0.15) is 25.0 Å². The van der Waals surface area contributed by atoms with Crippen molar-refractivity contribution in [2.75, 3.05) is 19.8 Å². The van der Waals surface area contributed by atoms with Crippen molar-refractivity contribution in [1.29, 1.82) is 0 Å². The van der Waals surface area contributed by atoms with Crippen LogP contribution in [0.5, 0.6) is 11.5 Å². The van der Waals surface area contributed by atoms with Crippen LogP contribution < -0.4 is 14.9 Å². The molecule has 0 aliphatic carbocycles. The fraction of sp³-hybridized carbons (Fsp3) is 0.286. The van der Waals surface area contributed by atoms with Crippen LogP contribution in [0.15, 0.2) is 52.0 Å². The lowest BCUT2D eigenvalue weighted by Crippen LogP contribution is -2.19. The van der Waals surface area contributed by atoms with Crippen LogP contribution in [0, 0.1) is 0 Å². The van der Waals surface area contributed by atoms with E-state index < -0.39 is 5.97 Å². The molecule has 8 heteroatoms. The van der Waals surface area contributed by atoms with Crippen LogP contribution in [0.4, 0.5) is 0 Å². The molecule has 2 aromatic rings. The highest BCUT2D eigenvalue weighted by atomic mass is 79.9. The monoisotopic (exact) mass is 462 g/mol. The summed E-state index contributed by atoms with van der Waals surface area (Å²) in [5.41, 5.74) is 4.10. The molecular weight excluding hydrogens is 440 g/mol. The molecule has 0 atom stereocenters. The smallest absolute Gasteiger partial charge is 0.344 e. The summed E-state index contributed by atoms with van der Waals surface area (Å²) in [5.74, 6) is 0.232. The van der Waals surface area contributed by atoms with Gasteiger partial charge in [-0.25, -0.2) is 10.2 Å². The summed E-state index contributed by atoms with van der Waals surface area (Å²) in [7, 11) is 0. The number of carbonyl (C=O) groups is 2. The molecule has 154 valence electrons. The Hall–Kier alpha value is -2.87. The van der Waals surface area contributed by atoms with E-state index in [0.717, 1.165) is 10.0 Å². The number of rotatable bonds is 10. The normalized spacial score (nSPS) is 10.6. The fourth-order valence-corrected chi connectivity index (χ4v) is 2.60. The third-order valence-electron chi connectivity index (χ3n) is 3.60. The van der Waals surface area contributed by atoms with Crippen LogP contribution in [0.3, 0.4) is 0 Å². The quantitative estimate of drug-likeness (QED) is 0.331. The van der Waals surface area contributed by atoms with E-state index in [1.54, 1.807) is 25.1 Å². The van der Waals surface area contributed by atoms with Crippen LogP contribution in [0.2, 0.25) is 0 Å². The summed E-state index contributed by atoms with van der Waals surface area (Å²) < 4.78 is 16.8. The van der Waals surface area contributed by atoms with Gasteiger partial charge in [-0.3, -0.25) is 4.79 Å². The molecule has 0 aromatic heterocycles. The summed E-state index contributed by atoms with van der Waals surface area (Å²) in [6, 6.07) is 12.6. The first-order valence-corrected chi connectivity index (χ1v) is 9.92. The van der Waals surface area contributed by atoms with Crippen molar-refractivity contribution in [2.24, 2.45) is 5.10 Å². The minimum atomic E-state index is -0.450. The molecule has 0 unspecified atom stereocenters. The number of hydrogen-bond donors (Lipinski definition) is 1. The molecule has 0 saturated carbocycles. The van der Waals surface area contributed by atoms with E-state index in [-0.39, 0.29) is 18.9 Å². The lowest BCUT2D eigenvalue weighted by molar-refractivity contribution is -0.145. The first-order valence-electron chi connectivity index (χ1n) is 9.13. The number of ether oxygens (including phenoxy) is 3. The van der Waals surface area contributed by atoms with Crippen molar-refractivity contribution in [3.05, 3.63) is 58.1 Å². The van der Waals surface area contributed by atoms with Crippen molar-refractivity contribution in [1.82, 2.24) is 5.43 Å². The van der Waals surface area contributed by atoms with Gasteiger partial charge in [-0.1, -0.05) is 28.1 Å². The Morgan fingerprint density at radius 3 is 2.48 bits per heavy atom. The maximum atomic E-state index is 12.0. The highest BCUT2D eigenvalue weighted by Gasteiger charge is 2.09. The molecule has 0 aliphatic rings. The van der Waals surface area contributed by atoms with E-state index in [4.69, 9.17) is 14.2 Å². The Morgan fingerprint density at radius 1 is 1.03 bits per heavy atom. The minimum Gasteiger partial charge on any atom is -0.490 e. The maximum absolute atomic E-state index is 12.0. The molecule has 0 spiro atoms. The summed E-state index contributed by atoms with van der Waals surface area (Å²) in [5, 5.41) is 3.98. The SMILES string of the molecule is CCOC(=O)COc1ccc(/C=N/NC(=O)Cc2ccc(Br)cc2)cc1OCC. The van der Waals surface area contributed by atoms with Crippen LogP contribution >= 0.6 is 15.9 Å². The van der Waals surface area contributed by atoms with Crippen molar-refractivity contribution in [2.45, 2.75) is 20.3 Å². The van der Waals surface area contributed by atoms with Gasteiger partial charge in [0, 0.05) is 4.47 Å². The molecule has 2 rings (SSSR count). The van der Waals surface area contributed by atoms with Crippen molar-refractivity contribution < 1.29 is 23.8 Å². The average Bonchev–Trinajstić information content (AvgIpc) is 2.69. The molecule has 0 radical (unpaired) electrons. The molecule has 0 heterocycles. The van der Waals surface area contributed by atoms with Gasteiger partial charge < -0.3 is 14.2 Å². The first kappa shape index (κ1) is 22.4. The fourth-order valence-electron chi connectivity index (χ4n) is 2.34. The second-order valence-electron chi connectivity index (χ2n) is 5.83. The third kappa shape index (κ3) is 7.95. The lowest BCUT2D eigenvalue weighted by Gasteiger charge is -2.12. The predicted octanol–water partition coefficient (Wildman–Crippen LogP) is 3.48. The Bertz CT molecular complexity index is 853. The topological polar surface area (TPSA) is 86.2 Å². The van der Waals surface area contributed by atoms with E-state index in [1.165, 1.54) is 6.21 Å². The summed E-state index contributed by atoms with van der Waals surface area (Å²) in [6.07, 6.45) is 1.74. The molecule has 1 N–H and O–H groups in total. The summed E-state index contributed by atoms with van der Waals surface area (Å²) in [4.78, 5) is 23.4. The molecule has 1 amide bonds. The van der Waals surface area contributed by atoms with E-state index in [9.17, 15) is 9.59 Å². The number of carbonyl (C=O) groups excluding carboxylic acids is 2. The molecular formula is C21H23BrN2O5. The highest BCUT2D eigenvalue weighted by Crippen LogP contribution is 2.28. The Morgan fingerprint density at radius 2 is 1.79 bits per heavy atom. The lowest BCUT2D eigenvalue weighted by atomic mass is 10.1. The van der Waals surface area contributed by atoms with Gasteiger partial charge >= 0.3 is 5.97 Å². The van der Waals surface area contributed by atoms with Crippen LogP contribution in [-0.2, 0) is 20.7 Å². The van der Waals surface area contributed by atoms with Gasteiger partial charge in [-0.05, 0) is 55.3 Å². The zero-order chi connectivity index (χ0) is 21.1. The van der Waals surface area contributed by atoms with Gasteiger partial charge in [-0.15, -0.1) is 0 Å². The molecule has 2 aromatic carbocycles. The zero-order valence-corrected chi connectivity index (χ0v) is 17.9. The van der Waals surface area contributed by atoms with Gasteiger partial charge in [-0.2, -0.15) is 5.10 Å². The van der Waals surface area contributed by atoms with Gasteiger partial charge in [0.15, 0.2) is 18.1 Å². The van der Waals surface area contributed by atoms with E-state index in [2.05, 4.69) is 26.5 Å². The van der Waals surface area contributed by atoms with Gasteiger partial charge in [0.2, 0.25) is 5.91 Å². The second kappa shape index (κ2) is 11.9. The van der Waals surface area contributed by atoms with Crippen molar-refractivity contribution >= 4 is 34.0 Å². The molecule has 29 heavy (non-hydrogen) atoms. The van der Waals surface area contributed by atoms with Gasteiger partial charge in [0.25, 0.3) is 0 Å². The number of nitrogens with one attached hydrogen (secondary N) is 1. The van der Waals surface area contributed by atoms with Crippen molar-refractivity contribution in [3.8, 4) is 11.5 Å². The number of hydrazone groups is 1. The molecule has 7 nitrogen and oxygen atoms in total. The van der Waals surface area contributed by atoms with E-state index >= 15 is 0 Å². The van der Waals surface area contributed by atoms with Crippen LogP contribution in [-0.4, -0.2) is 37.9 Å². The minimum absolute atomic E-state index is 0.201. The number of amides is 1. The van der Waals surface area contributed by atoms with E-state index in [1.807, 2.05) is 31.2 Å². The first-order chi connectivity index (χ1) is 14.0. The average molecular weight is 463 g/mol. The number of halogens is 1. The zero-order valence-electron chi connectivity index (χ0n) is 16.3. The number of esters is 1. The predicted molar refractivity (Wildman–Crippen MR) is 113 cm³/mol. The standard InChI is InChI=1S/C21H23BrN2O5/c1-3-27-19-11-16(7-10-18(19)29-14-21(26)28-4-2)13-23-24-20(25)12-15-5-8-17(22)9-6-15/h5-11,13H,3-4,12,14H2,1-2H3,(H,24,25)/b23-13+. The Balaban J connectivity index is 1.94. The molecule has 0 fully saturated rings. The molecule has 0 saturated heterocycles. The van der Waals surface area contributed by atoms with E-state index in [0.29, 0.717) is 30.3 Å². The molecule has 0 bridgehead atoms. The Kier molecular flexibility index (Phi) is 9.17. The maximum Gasteiger partial charge on any atom is 0.344 e. The summed E-state index contributed by atoms with van der Waals surface area (Å²) >= 11 is 3.36. The molecule has 0 aliphatic heterocycles. The summed E-state index contributed by atoms with van der Waals surface area (Å²) in [6.45, 7) is 4.10. The number of nitrogens with zero attached hydrogens (tertiary/aromatic N) is 1. The number of hydrogen-bond acceptors (Lipinski definition) is 6. The van der Waals surface area contributed by atoms with Gasteiger partial charge in [0.05, 0.1) is 25.8 Å². The van der Waals surface area contributed by atoms with Crippen molar-refractivity contribution in [3.63, 3.8) is 0 Å². The second-order valence-corrected chi connectivity index (χ2v) is 6.74. The van der Waals surface area contributed by atoms with Crippen LogP contribution in [0.25, 0.3) is 0 Å². The highest BCUT2D eigenvalue weighted by molar-refractivity contribution is 9.10.